The number of thiazole rings is 1. The number of aromatic nitrogens is 3. The molecule has 2 aromatic heterocycles. The molecular weight excluding hydrogens is 322 g/mol. The molecule has 24 heavy (non-hydrogen) atoms. The van der Waals surface area contributed by atoms with E-state index in [1.165, 1.54) is 0 Å². The molecule has 6 nitrogen and oxygen atoms in total. The normalized spacial score (nSPS) is 21.2. The molecule has 132 valence electrons. The van der Waals surface area contributed by atoms with Crippen LogP contribution in [0.4, 0.5) is 0 Å². The zero-order valence-electron chi connectivity index (χ0n) is 14.7. The summed E-state index contributed by atoms with van der Waals surface area (Å²) in [5, 5.41) is 17.1. The fourth-order valence-corrected chi connectivity index (χ4v) is 4.13. The van der Waals surface area contributed by atoms with Crippen molar-refractivity contribution >= 4 is 11.3 Å². The smallest absolute Gasteiger partial charge is 0.126 e. The maximum Gasteiger partial charge on any atom is 0.126 e. The first-order chi connectivity index (χ1) is 11.5. The molecule has 0 saturated carbocycles. The maximum atomic E-state index is 9.66. The molecule has 1 N–H and O–H groups in total. The van der Waals surface area contributed by atoms with Crippen molar-refractivity contribution in [1.29, 1.82) is 0 Å². The number of β-amino-alcohol motifs (C(OH)–C–C–N with tert-alkyl or cyclic N) is 1. The Morgan fingerprint density at radius 3 is 2.92 bits per heavy atom. The molecule has 1 aliphatic rings. The molecule has 0 unspecified atom stereocenters. The quantitative estimate of drug-likeness (QED) is 0.862. The predicted octanol–water partition coefficient (Wildman–Crippen LogP) is 1.82. The predicted molar refractivity (Wildman–Crippen MR) is 96.9 cm³/mol. The van der Waals surface area contributed by atoms with E-state index >= 15 is 0 Å². The Labute approximate surface area is 147 Å². The summed E-state index contributed by atoms with van der Waals surface area (Å²) in [4.78, 5) is 9.68. The van der Waals surface area contributed by atoms with Crippen LogP contribution >= 0.6 is 11.3 Å². The van der Waals surface area contributed by atoms with E-state index in [-0.39, 0.29) is 6.10 Å². The number of aliphatic hydroxyl groups excluding tert-OH is 1. The number of piperazine rings is 1. The van der Waals surface area contributed by atoms with Gasteiger partial charge in [0, 0.05) is 63.0 Å². The highest BCUT2D eigenvalue weighted by Gasteiger charge is 2.26. The first kappa shape index (κ1) is 17.5. The van der Waals surface area contributed by atoms with Crippen molar-refractivity contribution in [2.24, 2.45) is 7.05 Å². The lowest BCUT2D eigenvalue weighted by atomic mass is 10.1. The largest absolute Gasteiger partial charge is 0.392 e. The van der Waals surface area contributed by atoms with Crippen LogP contribution in [0.3, 0.4) is 0 Å². The van der Waals surface area contributed by atoms with Gasteiger partial charge in [0.15, 0.2) is 0 Å². The van der Waals surface area contributed by atoms with Gasteiger partial charge in [-0.25, -0.2) is 4.98 Å². The van der Waals surface area contributed by atoms with Crippen LogP contribution in [-0.2, 0) is 13.6 Å². The molecule has 0 radical (unpaired) electrons. The first-order valence-corrected chi connectivity index (χ1v) is 9.51. The molecule has 2 aromatic rings. The summed E-state index contributed by atoms with van der Waals surface area (Å²) in [5.74, 6) is 0. The number of aliphatic hydroxyl groups is 1. The van der Waals surface area contributed by atoms with E-state index in [0.717, 1.165) is 55.4 Å². The van der Waals surface area contributed by atoms with E-state index in [1.807, 2.05) is 31.0 Å². The minimum Gasteiger partial charge on any atom is -0.392 e. The average molecular weight is 350 g/mol. The van der Waals surface area contributed by atoms with Crippen LogP contribution < -0.4 is 0 Å². The van der Waals surface area contributed by atoms with Crippen molar-refractivity contribution in [3.63, 3.8) is 0 Å². The van der Waals surface area contributed by atoms with Gasteiger partial charge in [-0.2, -0.15) is 5.10 Å². The first-order valence-electron chi connectivity index (χ1n) is 8.63. The van der Waals surface area contributed by atoms with Crippen LogP contribution in [0.5, 0.6) is 0 Å². The third kappa shape index (κ3) is 4.22. The summed E-state index contributed by atoms with van der Waals surface area (Å²) in [7, 11) is 1.93. The molecule has 0 amide bonds. The van der Waals surface area contributed by atoms with E-state index in [0.29, 0.717) is 6.04 Å². The van der Waals surface area contributed by atoms with Gasteiger partial charge in [0.05, 0.1) is 18.0 Å². The second-order valence-electron chi connectivity index (χ2n) is 6.69. The fraction of sp³-hybridized carbons (Fsp3) is 0.647. The Kier molecular flexibility index (Phi) is 5.65. The summed E-state index contributed by atoms with van der Waals surface area (Å²) < 4.78 is 1.81. The van der Waals surface area contributed by atoms with Crippen LogP contribution in [-0.4, -0.2) is 68.0 Å². The second-order valence-corrected chi connectivity index (χ2v) is 7.55. The lowest BCUT2D eigenvalue weighted by Gasteiger charge is -2.41. The van der Waals surface area contributed by atoms with E-state index in [2.05, 4.69) is 27.2 Å². The van der Waals surface area contributed by atoms with Crippen molar-refractivity contribution in [3.05, 3.63) is 23.5 Å². The molecule has 3 heterocycles. The molecule has 1 saturated heterocycles. The van der Waals surface area contributed by atoms with Gasteiger partial charge in [-0.05, 0) is 13.3 Å². The second kappa shape index (κ2) is 7.74. The minimum absolute atomic E-state index is 0.258. The Morgan fingerprint density at radius 2 is 2.25 bits per heavy atom. The zero-order chi connectivity index (χ0) is 17.1. The molecule has 0 aliphatic carbocycles. The summed E-state index contributed by atoms with van der Waals surface area (Å²) in [6.07, 6.45) is 4.72. The van der Waals surface area contributed by atoms with E-state index in [1.54, 1.807) is 11.3 Å². The number of hydrogen-bond donors (Lipinski definition) is 1. The number of aryl methyl sites for hydroxylation is 1. The summed E-state index contributed by atoms with van der Waals surface area (Å²) in [6, 6.07) is 0.518. The number of hydrogen-bond acceptors (Lipinski definition) is 6. The molecule has 1 fully saturated rings. The van der Waals surface area contributed by atoms with Gasteiger partial charge in [0.1, 0.15) is 5.01 Å². The Bertz CT molecular complexity index is 653. The van der Waals surface area contributed by atoms with Crippen molar-refractivity contribution in [2.75, 3.05) is 26.2 Å². The van der Waals surface area contributed by atoms with Crippen molar-refractivity contribution < 1.29 is 5.11 Å². The van der Waals surface area contributed by atoms with E-state index in [4.69, 9.17) is 4.98 Å². The van der Waals surface area contributed by atoms with E-state index < -0.39 is 0 Å². The van der Waals surface area contributed by atoms with Gasteiger partial charge in [0.2, 0.25) is 0 Å². The van der Waals surface area contributed by atoms with Gasteiger partial charge in [-0.15, -0.1) is 11.3 Å². The molecule has 0 spiro atoms. The molecule has 0 bridgehead atoms. The van der Waals surface area contributed by atoms with Crippen LogP contribution in [0.15, 0.2) is 17.8 Å². The zero-order valence-corrected chi connectivity index (χ0v) is 15.5. The van der Waals surface area contributed by atoms with Gasteiger partial charge < -0.3 is 5.11 Å². The molecule has 7 heteroatoms. The highest BCUT2D eigenvalue weighted by atomic mass is 32.1. The fourth-order valence-electron chi connectivity index (χ4n) is 3.34. The van der Waals surface area contributed by atoms with Crippen LogP contribution in [0, 0.1) is 0 Å². The summed E-state index contributed by atoms with van der Waals surface area (Å²) in [6.45, 7) is 8.86. The molecule has 0 aromatic carbocycles. The summed E-state index contributed by atoms with van der Waals surface area (Å²) in [5.41, 5.74) is 2.22. The Balaban J connectivity index is 1.60. The highest BCUT2D eigenvalue weighted by Crippen LogP contribution is 2.24. The topological polar surface area (TPSA) is 57.4 Å². The van der Waals surface area contributed by atoms with Crippen LogP contribution in [0.25, 0.3) is 10.6 Å². The summed E-state index contributed by atoms with van der Waals surface area (Å²) >= 11 is 1.69. The Hall–Kier alpha value is -1.28. The van der Waals surface area contributed by atoms with Crippen LogP contribution in [0.1, 0.15) is 26.0 Å². The van der Waals surface area contributed by atoms with Gasteiger partial charge in [-0.3, -0.25) is 14.5 Å². The van der Waals surface area contributed by atoms with Crippen molar-refractivity contribution in [2.45, 2.75) is 39.0 Å². The number of rotatable bonds is 6. The van der Waals surface area contributed by atoms with Crippen molar-refractivity contribution in [1.82, 2.24) is 24.6 Å². The third-order valence-corrected chi connectivity index (χ3v) is 5.49. The lowest BCUT2D eigenvalue weighted by Crippen LogP contribution is -2.54. The van der Waals surface area contributed by atoms with Gasteiger partial charge >= 0.3 is 0 Å². The average Bonchev–Trinajstić information content (AvgIpc) is 3.17. The molecule has 3 rings (SSSR count). The van der Waals surface area contributed by atoms with Gasteiger partial charge in [0.25, 0.3) is 0 Å². The molecule has 2 atom stereocenters. The van der Waals surface area contributed by atoms with Gasteiger partial charge in [-0.1, -0.05) is 6.92 Å². The van der Waals surface area contributed by atoms with Crippen molar-refractivity contribution in [3.8, 4) is 10.6 Å². The van der Waals surface area contributed by atoms with E-state index in [9.17, 15) is 5.11 Å². The minimum atomic E-state index is -0.258. The molecular formula is C17H27N5OS. The SMILES string of the molecule is CC[C@H]1CN(Cc2csc(-c3cnn(C)c3)n2)CCN1C[C@@H](C)O. The third-order valence-electron chi connectivity index (χ3n) is 4.55. The molecule has 1 aliphatic heterocycles. The Morgan fingerprint density at radius 1 is 1.42 bits per heavy atom. The highest BCUT2D eigenvalue weighted by molar-refractivity contribution is 7.13. The lowest BCUT2D eigenvalue weighted by molar-refractivity contribution is 0.0334. The number of nitrogens with zero attached hydrogens (tertiary/aromatic N) is 5. The monoisotopic (exact) mass is 349 g/mol. The van der Waals surface area contributed by atoms with Crippen LogP contribution in [0.2, 0.25) is 0 Å². The standard InChI is InChI=1S/C17H27N5OS/c1-4-16-11-21(5-6-22(16)8-13(2)23)10-15-12-24-17(19-15)14-7-18-20(3)9-14/h7,9,12-13,16,23H,4-6,8,10-11H2,1-3H3/t13-,16+/m1/s1. The maximum absolute atomic E-state index is 9.66.